The van der Waals surface area contributed by atoms with Crippen LogP contribution in [0.2, 0.25) is 0 Å². The van der Waals surface area contributed by atoms with Crippen LogP contribution in [0, 0.1) is 45.9 Å². The van der Waals surface area contributed by atoms with E-state index in [2.05, 4.69) is 28.7 Å². The summed E-state index contributed by atoms with van der Waals surface area (Å²) in [7, 11) is 0. The summed E-state index contributed by atoms with van der Waals surface area (Å²) in [6.45, 7) is 9.68. The number of hydrogen-bond acceptors (Lipinski definition) is 3. The quantitative estimate of drug-likeness (QED) is 0.513. The Bertz CT molecular complexity index is 1110. The van der Waals surface area contributed by atoms with Crippen molar-refractivity contribution in [1.82, 2.24) is 14.3 Å². The van der Waals surface area contributed by atoms with Gasteiger partial charge < -0.3 is 4.57 Å². The molecule has 3 rings (SSSR count). The summed E-state index contributed by atoms with van der Waals surface area (Å²) in [6, 6.07) is 14.1. The molecule has 0 unspecified atom stereocenters. The Balaban J connectivity index is 2.06. The van der Waals surface area contributed by atoms with E-state index in [1.54, 1.807) is 13.0 Å². The first-order valence-corrected chi connectivity index (χ1v) is 8.77. The predicted molar refractivity (Wildman–Crippen MR) is 106 cm³/mol. The van der Waals surface area contributed by atoms with E-state index >= 15 is 0 Å². The minimum absolute atomic E-state index is 0.0608. The highest BCUT2D eigenvalue weighted by atomic mass is 16.2. The van der Waals surface area contributed by atoms with E-state index in [9.17, 15) is 10.1 Å². The second-order valence-electron chi connectivity index (χ2n) is 6.81. The van der Waals surface area contributed by atoms with Crippen LogP contribution in [0.4, 0.5) is 0 Å². The highest BCUT2D eigenvalue weighted by Gasteiger charge is 2.17. The summed E-state index contributed by atoms with van der Waals surface area (Å²) in [4.78, 5) is 12.7. The smallest absolute Gasteiger partial charge is 0.289 e. The number of nitriles is 1. The van der Waals surface area contributed by atoms with Crippen molar-refractivity contribution in [3.05, 3.63) is 75.9 Å². The number of aromatic nitrogens is 3. The molecule has 0 radical (unpaired) electrons. The van der Waals surface area contributed by atoms with Gasteiger partial charge in [-0.2, -0.15) is 10.4 Å². The molecule has 0 amide bonds. The number of benzene rings is 1. The lowest BCUT2D eigenvalue weighted by Gasteiger charge is -2.10. The molecule has 3 aromatic rings. The number of carbonyl (C=O) groups is 1. The van der Waals surface area contributed by atoms with Crippen molar-refractivity contribution in [3.8, 4) is 11.8 Å². The molecule has 0 aliphatic carbocycles. The molecule has 0 spiro atoms. The first-order chi connectivity index (χ1) is 12.8. The number of nitrogens with zero attached hydrogens (tertiary/aromatic N) is 4. The zero-order valence-corrected chi connectivity index (χ0v) is 16.2. The molecule has 0 aliphatic heterocycles. The largest absolute Gasteiger partial charge is 0.318 e. The minimum Gasteiger partial charge on any atom is -0.318 e. The zero-order chi connectivity index (χ0) is 19.7. The van der Waals surface area contributed by atoms with E-state index in [4.69, 9.17) is 0 Å². The Morgan fingerprint density at radius 1 is 1.07 bits per heavy atom. The molecular weight excluding hydrogens is 336 g/mol. The minimum atomic E-state index is -0.413. The monoisotopic (exact) mass is 358 g/mol. The molecular formula is C22H22N4O. The van der Waals surface area contributed by atoms with Crippen LogP contribution < -0.4 is 0 Å². The molecule has 1 aromatic carbocycles. The van der Waals surface area contributed by atoms with Crippen molar-refractivity contribution in [2.75, 3.05) is 0 Å². The van der Waals surface area contributed by atoms with Crippen molar-refractivity contribution < 1.29 is 4.79 Å². The average molecular weight is 358 g/mol. The third-order valence-corrected chi connectivity index (χ3v) is 4.58. The molecule has 27 heavy (non-hydrogen) atoms. The van der Waals surface area contributed by atoms with Gasteiger partial charge in [-0.15, -0.1) is 0 Å². The number of aryl methyl sites for hydroxylation is 4. The zero-order valence-electron chi connectivity index (χ0n) is 16.2. The lowest BCUT2D eigenvalue weighted by Crippen LogP contribution is -2.15. The first kappa shape index (κ1) is 18.4. The normalized spacial score (nSPS) is 11.5. The Morgan fingerprint density at radius 2 is 1.81 bits per heavy atom. The third-order valence-electron chi connectivity index (χ3n) is 4.58. The highest BCUT2D eigenvalue weighted by molar-refractivity contribution is 6.03. The summed E-state index contributed by atoms with van der Waals surface area (Å²) in [5.74, 6) is -0.413. The van der Waals surface area contributed by atoms with Gasteiger partial charge >= 0.3 is 0 Å². The topological polar surface area (TPSA) is 63.6 Å². The molecule has 0 aliphatic rings. The number of rotatable bonds is 3. The fourth-order valence-electron chi connectivity index (χ4n) is 3.34. The van der Waals surface area contributed by atoms with E-state index in [0.717, 1.165) is 28.3 Å². The van der Waals surface area contributed by atoms with Gasteiger partial charge in [0, 0.05) is 22.8 Å². The van der Waals surface area contributed by atoms with Crippen LogP contribution in [-0.2, 0) is 0 Å². The fourth-order valence-corrected chi connectivity index (χ4v) is 3.34. The van der Waals surface area contributed by atoms with Crippen LogP contribution in [0.5, 0.6) is 0 Å². The lowest BCUT2D eigenvalue weighted by atomic mass is 10.1. The van der Waals surface area contributed by atoms with Crippen molar-refractivity contribution in [2.45, 2.75) is 34.6 Å². The molecule has 0 saturated carbocycles. The SMILES string of the molecule is Cc1cccc(-n2c(C)cc(/C=C(\C#N)C(=O)n3nc(C)cc3C)c2C)c1. The maximum atomic E-state index is 12.7. The Labute approximate surface area is 159 Å². The van der Waals surface area contributed by atoms with E-state index in [1.807, 2.05) is 51.1 Å². The van der Waals surface area contributed by atoms with Crippen LogP contribution in [0.1, 0.15) is 38.7 Å². The Kier molecular flexibility index (Phi) is 4.83. The van der Waals surface area contributed by atoms with Gasteiger partial charge in [0.15, 0.2) is 0 Å². The molecule has 2 aromatic heterocycles. The summed E-state index contributed by atoms with van der Waals surface area (Å²) < 4.78 is 3.41. The Morgan fingerprint density at radius 3 is 2.41 bits per heavy atom. The van der Waals surface area contributed by atoms with Gasteiger partial charge in [0.05, 0.1) is 5.69 Å². The fraction of sp³-hybridized carbons (Fsp3) is 0.227. The third kappa shape index (κ3) is 3.47. The Hall–Kier alpha value is -3.39. The maximum absolute atomic E-state index is 12.7. The molecule has 136 valence electrons. The highest BCUT2D eigenvalue weighted by Crippen LogP contribution is 2.23. The van der Waals surface area contributed by atoms with Gasteiger partial charge in [-0.05, 0) is 76.1 Å². The molecule has 2 heterocycles. The van der Waals surface area contributed by atoms with E-state index in [0.29, 0.717) is 5.69 Å². The van der Waals surface area contributed by atoms with E-state index in [1.165, 1.54) is 10.2 Å². The second-order valence-corrected chi connectivity index (χ2v) is 6.81. The second kappa shape index (κ2) is 7.08. The van der Waals surface area contributed by atoms with Crippen LogP contribution in [0.3, 0.4) is 0 Å². The molecule has 0 fully saturated rings. The van der Waals surface area contributed by atoms with Gasteiger partial charge in [0.25, 0.3) is 5.91 Å². The first-order valence-electron chi connectivity index (χ1n) is 8.77. The van der Waals surface area contributed by atoms with Crippen molar-refractivity contribution in [1.29, 1.82) is 5.26 Å². The molecule has 5 nitrogen and oxygen atoms in total. The molecule has 0 atom stereocenters. The van der Waals surface area contributed by atoms with Crippen molar-refractivity contribution >= 4 is 12.0 Å². The van der Waals surface area contributed by atoms with Crippen LogP contribution in [0.15, 0.2) is 42.0 Å². The molecule has 0 saturated heterocycles. The number of carbonyl (C=O) groups excluding carboxylic acids is 1. The maximum Gasteiger partial charge on any atom is 0.289 e. The van der Waals surface area contributed by atoms with Gasteiger partial charge in [0.1, 0.15) is 11.6 Å². The van der Waals surface area contributed by atoms with Gasteiger partial charge in [0.2, 0.25) is 0 Å². The van der Waals surface area contributed by atoms with Crippen molar-refractivity contribution in [3.63, 3.8) is 0 Å². The molecule has 0 bridgehead atoms. The summed E-state index contributed by atoms with van der Waals surface area (Å²) in [5.41, 5.74) is 6.63. The van der Waals surface area contributed by atoms with Crippen molar-refractivity contribution in [2.24, 2.45) is 0 Å². The van der Waals surface area contributed by atoms with Gasteiger partial charge in [-0.25, -0.2) is 4.68 Å². The van der Waals surface area contributed by atoms with Gasteiger partial charge in [-0.1, -0.05) is 12.1 Å². The van der Waals surface area contributed by atoms with Gasteiger partial charge in [-0.3, -0.25) is 4.79 Å². The van der Waals surface area contributed by atoms with Crippen LogP contribution in [0.25, 0.3) is 11.8 Å². The standard InChI is InChI=1S/C22H22N4O/c1-14-7-6-8-21(9-14)25-16(3)11-19(18(25)5)12-20(13-23)22(27)26-17(4)10-15(2)24-26/h6-12H,1-5H3/b20-12+. The number of allylic oxidation sites excluding steroid dienone is 1. The number of hydrogen-bond donors (Lipinski definition) is 0. The summed E-state index contributed by atoms with van der Waals surface area (Å²) in [6.07, 6.45) is 1.65. The van der Waals surface area contributed by atoms with Crippen LogP contribution >= 0.6 is 0 Å². The molecule has 5 heteroatoms. The van der Waals surface area contributed by atoms with Crippen LogP contribution in [-0.4, -0.2) is 20.3 Å². The summed E-state index contributed by atoms with van der Waals surface area (Å²) in [5, 5.41) is 13.7. The average Bonchev–Trinajstić information content (AvgIpc) is 3.10. The summed E-state index contributed by atoms with van der Waals surface area (Å²) >= 11 is 0. The lowest BCUT2D eigenvalue weighted by molar-refractivity contribution is 0.0943. The van der Waals surface area contributed by atoms with E-state index in [-0.39, 0.29) is 5.57 Å². The predicted octanol–water partition coefficient (Wildman–Crippen LogP) is 4.46. The molecule has 0 N–H and O–H groups in total. The van der Waals surface area contributed by atoms with E-state index < -0.39 is 5.91 Å².